The van der Waals surface area contributed by atoms with Crippen molar-refractivity contribution in [2.24, 2.45) is 7.05 Å². The second-order valence-corrected chi connectivity index (χ2v) is 6.99. The zero-order chi connectivity index (χ0) is 19.4. The number of carbonyl (C=O) groups excluding carboxylic acids is 1. The van der Waals surface area contributed by atoms with Crippen LogP contribution in [0, 0.1) is 13.8 Å². The minimum Gasteiger partial charge on any atom is -0.466 e. The molecule has 1 amide bonds. The molecule has 0 aliphatic rings. The first-order valence-corrected chi connectivity index (χ1v) is 9.21. The van der Waals surface area contributed by atoms with Crippen LogP contribution in [0.4, 0.5) is 0 Å². The van der Waals surface area contributed by atoms with E-state index in [1.807, 2.05) is 52.1 Å². The summed E-state index contributed by atoms with van der Waals surface area (Å²) in [6.45, 7) is 5.89. The van der Waals surface area contributed by atoms with Crippen molar-refractivity contribution in [1.82, 2.24) is 20.1 Å². The Labute approximate surface area is 159 Å². The number of benzene rings is 1. The van der Waals surface area contributed by atoms with E-state index in [-0.39, 0.29) is 18.6 Å². The van der Waals surface area contributed by atoms with Crippen molar-refractivity contribution in [1.29, 1.82) is 0 Å². The van der Waals surface area contributed by atoms with Crippen molar-refractivity contribution >= 4 is 16.9 Å². The highest BCUT2D eigenvalue weighted by Crippen LogP contribution is 2.26. The molecule has 1 unspecified atom stereocenters. The van der Waals surface area contributed by atoms with Gasteiger partial charge in [-0.05, 0) is 50.8 Å². The number of nitrogens with zero attached hydrogens (tertiary/aromatic N) is 3. The third-order valence-electron chi connectivity index (χ3n) is 4.54. The highest BCUT2D eigenvalue weighted by molar-refractivity contribution is 5.85. The molecule has 0 bridgehead atoms. The van der Waals surface area contributed by atoms with Crippen LogP contribution in [0.1, 0.15) is 30.2 Å². The summed E-state index contributed by atoms with van der Waals surface area (Å²) in [6.07, 6.45) is 1.81. The molecule has 0 spiro atoms. The Kier molecular flexibility index (Phi) is 5.74. The number of amides is 1. The van der Waals surface area contributed by atoms with Crippen LogP contribution < -0.4 is 10.1 Å². The fourth-order valence-corrected chi connectivity index (χ4v) is 3.20. The SMILES string of the molecule is Cc1cc(C)c2c(OCC(=O)NC(C)CCc3ccccc3)nn(C)c2n1. The van der Waals surface area contributed by atoms with E-state index in [4.69, 9.17) is 4.74 Å². The van der Waals surface area contributed by atoms with Gasteiger partial charge in [0.2, 0.25) is 5.88 Å². The Bertz CT molecular complexity index is 934. The van der Waals surface area contributed by atoms with Gasteiger partial charge < -0.3 is 10.1 Å². The minimum atomic E-state index is -0.146. The molecular formula is C21H26N4O2. The van der Waals surface area contributed by atoms with Crippen molar-refractivity contribution in [3.63, 3.8) is 0 Å². The van der Waals surface area contributed by atoms with Crippen LogP contribution in [0.5, 0.6) is 5.88 Å². The summed E-state index contributed by atoms with van der Waals surface area (Å²) in [5.41, 5.74) is 4.00. The van der Waals surface area contributed by atoms with Crippen LogP contribution in [-0.2, 0) is 18.3 Å². The summed E-state index contributed by atoms with van der Waals surface area (Å²) in [5, 5.41) is 8.21. The summed E-state index contributed by atoms with van der Waals surface area (Å²) in [5.74, 6) is 0.302. The van der Waals surface area contributed by atoms with Crippen LogP contribution >= 0.6 is 0 Å². The number of aryl methyl sites for hydroxylation is 4. The maximum atomic E-state index is 12.2. The molecule has 1 aromatic carbocycles. The zero-order valence-corrected chi connectivity index (χ0v) is 16.3. The molecular weight excluding hydrogens is 340 g/mol. The predicted molar refractivity (Wildman–Crippen MR) is 106 cm³/mol. The molecule has 3 aromatic rings. The fourth-order valence-electron chi connectivity index (χ4n) is 3.20. The van der Waals surface area contributed by atoms with Gasteiger partial charge in [-0.15, -0.1) is 5.10 Å². The number of aromatic nitrogens is 3. The van der Waals surface area contributed by atoms with E-state index in [0.29, 0.717) is 5.88 Å². The van der Waals surface area contributed by atoms with Crippen molar-refractivity contribution in [2.75, 3.05) is 6.61 Å². The summed E-state index contributed by atoms with van der Waals surface area (Å²) in [4.78, 5) is 16.7. The molecule has 1 atom stereocenters. The van der Waals surface area contributed by atoms with Crippen LogP contribution in [0.15, 0.2) is 36.4 Å². The first-order chi connectivity index (χ1) is 12.9. The topological polar surface area (TPSA) is 69.0 Å². The Morgan fingerprint density at radius 1 is 1.26 bits per heavy atom. The van der Waals surface area contributed by atoms with Crippen molar-refractivity contribution in [3.05, 3.63) is 53.2 Å². The molecule has 6 heteroatoms. The molecule has 0 fully saturated rings. The predicted octanol–water partition coefficient (Wildman–Crippen LogP) is 3.10. The monoisotopic (exact) mass is 366 g/mol. The number of nitrogens with one attached hydrogen (secondary N) is 1. The Morgan fingerprint density at radius 2 is 2.00 bits per heavy atom. The van der Waals surface area contributed by atoms with E-state index < -0.39 is 0 Å². The van der Waals surface area contributed by atoms with E-state index >= 15 is 0 Å². The van der Waals surface area contributed by atoms with Crippen molar-refractivity contribution in [2.45, 2.75) is 39.7 Å². The highest BCUT2D eigenvalue weighted by Gasteiger charge is 2.16. The van der Waals surface area contributed by atoms with E-state index in [1.54, 1.807) is 4.68 Å². The lowest BCUT2D eigenvalue weighted by Crippen LogP contribution is -2.36. The van der Waals surface area contributed by atoms with Crippen molar-refractivity contribution < 1.29 is 9.53 Å². The third kappa shape index (κ3) is 4.64. The molecule has 0 radical (unpaired) electrons. The molecule has 2 heterocycles. The van der Waals surface area contributed by atoms with Gasteiger partial charge in [0.1, 0.15) is 0 Å². The van der Waals surface area contributed by atoms with Gasteiger partial charge >= 0.3 is 0 Å². The molecule has 2 aromatic heterocycles. The molecule has 6 nitrogen and oxygen atoms in total. The number of rotatable bonds is 7. The average Bonchev–Trinajstić information content (AvgIpc) is 2.95. The standard InChI is InChI=1S/C21H26N4O2/c1-14-12-16(3)23-20-19(14)21(24-25(20)4)27-13-18(26)22-15(2)10-11-17-8-6-5-7-9-17/h5-9,12,15H,10-11,13H2,1-4H3,(H,22,26). The fraction of sp³-hybridized carbons (Fsp3) is 0.381. The first kappa shape index (κ1) is 18.9. The smallest absolute Gasteiger partial charge is 0.258 e. The molecule has 0 aliphatic carbocycles. The number of pyridine rings is 1. The Balaban J connectivity index is 1.55. The van der Waals surface area contributed by atoms with Crippen LogP contribution in [0.2, 0.25) is 0 Å². The van der Waals surface area contributed by atoms with E-state index in [1.165, 1.54) is 5.56 Å². The van der Waals surface area contributed by atoms with Gasteiger partial charge in [-0.2, -0.15) is 0 Å². The Morgan fingerprint density at radius 3 is 2.74 bits per heavy atom. The van der Waals surface area contributed by atoms with E-state index in [2.05, 4.69) is 27.5 Å². The third-order valence-corrected chi connectivity index (χ3v) is 4.54. The van der Waals surface area contributed by atoms with Crippen LogP contribution in [0.3, 0.4) is 0 Å². The number of hydrogen-bond donors (Lipinski definition) is 1. The van der Waals surface area contributed by atoms with E-state index in [9.17, 15) is 4.79 Å². The summed E-state index contributed by atoms with van der Waals surface area (Å²) >= 11 is 0. The molecule has 142 valence electrons. The number of hydrogen-bond acceptors (Lipinski definition) is 4. The van der Waals surface area contributed by atoms with Gasteiger partial charge in [-0.3, -0.25) is 4.79 Å². The lowest BCUT2D eigenvalue weighted by Gasteiger charge is -2.14. The van der Waals surface area contributed by atoms with Crippen LogP contribution in [-0.4, -0.2) is 33.3 Å². The quantitative estimate of drug-likeness (QED) is 0.698. The number of ether oxygens (including phenoxy) is 1. The second kappa shape index (κ2) is 8.20. The van der Waals surface area contributed by atoms with E-state index in [0.717, 1.165) is 35.1 Å². The first-order valence-electron chi connectivity index (χ1n) is 9.21. The second-order valence-electron chi connectivity index (χ2n) is 6.99. The summed E-state index contributed by atoms with van der Waals surface area (Å²) in [6, 6.07) is 12.3. The summed E-state index contributed by atoms with van der Waals surface area (Å²) in [7, 11) is 1.83. The van der Waals surface area contributed by atoms with Crippen molar-refractivity contribution in [3.8, 4) is 5.88 Å². The zero-order valence-electron chi connectivity index (χ0n) is 16.3. The van der Waals surface area contributed by atoms with Gasteiger partial charge in [-0.1, -0.05) is 30.3 Å². The van der Waals surface area contributed by atoms with Gasteiger partial charge in [0.25, 0.3) is 5.91 Å². The summed E-state index contributed by atoms with van der Waals surface area (Å²) < 4.78 is 7.39. The molecule has 0 saturated carbocycles. The van der Waals surface area contributed by atoms with Crippen LogP contribution in [0.25, 0.3) is 11.0 Å². The largest absolute Gasteiger partial charge is 0.466 e. The van der Waals surface area contributed by atoms with Gasteiger partial charge in [0.05, 0.1) is 5.39 Å². The molecule has 0 aliphatic heterocycles. The molecule has 3 rings (SSSR count). The van der Waals surface area contributed by atoms with Gasteiger partial charge in [0, 0.05) is 18.8 Å². The lowest BCUT2D eigenvalue weighted by atomic mass is 10.1. The maximum absolute atomic E-state index is 12.2. The maximum Gasteiger partial charge on any atom is 0.258 e. The lowest BCUT2D eigenvalue weighted by molar-refractivity contribution is -0.123. The molecule has 27 heavy (non-hydrogen) atoms. The molecule has 1 N–H and O–H groups in total. The highest BCUT2D eigenvalue weighted by atomic mass is 16.5. The number of carbonyl (C=O) groups is 1. The molecule has 0 saturated heterocycles. The number of fused-ring (bicyclic) bond motifs is 1. The van der Waals surface area contributed by atoms with Gasteiger partial charge in [-0.25, -0.2) is 9.67 Å². The average molecular weight is 366 g/mol. The van der Waals surface area contributed by atoms with Gasteiger partial charge in [0.15, 0.2) is 12.3 Å². The Hall–Kier alpha value is -2.89. The normalized spacial score (nSPS) is 12.1. The minimum absolute atomic E-state index is 0.0604.